The van der Waals surface area contributed by atoms with Crippen LogP contribution in [-0.4, -0.2) is 46.5 Å². The van der Waals surface area contributed by atoms with Crippen molar-refractivity contribution in [3.05, 3.63) is 93.5 Å². The summed E-state index contributed by atoms with van der Waals surface area (Å²) in [5.74, 6) is 0.729. The van der Waals surface area contributed by atoms with E-state index in [1.54, 1.807) is 24.2 Å². The quantitative estimate of drug-likeness (QED) is 0.428. The number of hydrogen-bond acceptors (Lipinski definition) is 6. The van der Waals surface area contributed by atoms with E-state index in [1.807, 2.05) is 59.2 Å². The van der Waals surface area contributed by atoms with Crippen molar-refractivity contribution in [2.45, 2.75) is 32.0 Å². The predicted molar refractivity (Wildman–Crippen MR) is 143 cm³/mol. The van der Waals surface area contributed by atoms with Crippen molar-refractivity contribution in [2.24, 2.45) is 10.7 Å². The van der Waals surface area contributed by atoms with E-state index < -0.39 is 0 Å². The summed E-state index contributed by atoms with van der Waals surface area (Å²) in [4.78, 5) is 24.9. The number of fused-ring (bicyclic) bond motifs is 1. The largest absolute Gasteiger partial charge is 0.355 e. The van der Waals surface area contributed by atoms with Gasteiger partial charge in [-0.2, -0.15) is 5.26 Å². The molecule has 0 aliphatic carbocycles. The Bertz CT molecular complexity index is 1510. The number of aromatic nitrogens is 3. The van der Waals surface area contributed by atoms with Crippen LogP contribution in [0.3, 0.4) is 0 Å². The Balaban J connectivity index is 1.70. The van der Waals surface area contributed by atoms with Gasteiger partial charge in [-0.25, -0.2) is 4.98 Å². The fourth-order valence-corrected chi connectivity index (χ4v) is 5.04. The topological polar surface area (TPSA) is 105 Å². The fraction of sp³-hybridized carbons (Fsp3) is 0.286. The maximum Gasteiger partial charge on any atom is 0.278 e. The summed E-state index contributed by atoms with van der Waals surface area (Å²) in [6, 6.07) is 20.2. The molecule has 1 aliphatic rings. The van der Waals surface area contributed by atoms with Crippen LogP contribution < -0.4 is 16.2 Å². The lowest BCUT2D eigenvalue weighted by Gasteiger charge is -2.33. The number of nitrogens with two attached hydrogens (primary N) is 1. The van der Waals surface area contributed by atoms with Gasteiger partial charge in [0.1, 0.15) is 28.5 Å². The molecule has 2 N–H and O–H groups in total. The van der Waals surface area contributed by atoms with Gasteiger partial charge < -0.3 is 15.2 Å². The highest BCUT2D eigenvalue weighted by atomic mass is 16.1. The molecule has 3 heterocycles. The maximum absolute atomic E-state index is 14.0. The van der Waals surface area contributed by atoms with Gasteiger partial charge >= 0.3 is 0 Å². The second-order valence-electron chi connectivity index (χ2n) is 9.19. The Morgan fingerprint density at radius 1 is 1.17 bits per heavy atom. The normalized spacial score (nSPS) is 16.0. The Hall–Kier alpha value is -4.22. The van der Waals surface area contributed by atoms with Crippen molar-refractivity contribution in [3.63, 3.8) is 0 Å². The molecular weight excluding hydrogens is 450 g/mol. The Labute approximate surface area is 209 Å². The number of benzene rings is 2. The van der Waals surface area contributed by atoms with Crippen LogP contribution in [0.15, 0.2) is 70.7 Å². The Kier molecular flexibility index (Phi) is 6.65. The molecule has 4 aromatic rings. The predicted octanol–water partition coefficient (Wildman–Crippen LogP) is 3.14. The van der Waals surface area contributed by atoms with E-state index in [2.05, 4.69) is 20.9 Å². The molecule has 0 amide bonds. The standard InChI is InChI=1S/C28H29N7O/c1-31-15-21-10-5-6-11-22(21)17-34-19-32-25-24(14-29)27(33-13-7-12-23(30)18-33)35(26(25)28(34)36)16-20-8-3-2-4-9-20/h2-6,8-11,15,19,23H,7,12-13,16-18,30H2,1H3/t23-/m0/s1. The summed E-state index contributed by atoms with van der Waals surface area (Å²) in [5, 5.41) is 10.2. The van der Waals surface area contributed by atoms with Crippen LogP contribution in [0.25, 0.3) is 11.0 Å². The third-order valence-corrected chi connectivity index (χ3v) is 6.72. The highest BCUT2D eigenvalue weighted by Crippen LogP contribution is 2.32. The first-order chi connectivity index (χ1) is 17.6. The molecule has 1 saturated heterocycles. The number of rotatable bonds is 6. The van der Waals surface area contributed by atoms with Crippen molar-refractivity contribution in [1.29, 1.82) is 5.26 Å². The van der Waals surface area contributed by atoms with Crippen molar-refractivity contribution < 1.29 is 0 Å². The molecule has 1 aliphatic heterocycles. The first kappa shape index (κ1) is 23.5. The van der Waals surface area contributed by atoms with E-state index in [1.165, 1.54) is 0 Å². The van der Waals surface area contributed by atoms with Crippen LogP contribution in [0.5, 0.6) is 0 Å². The lowest BCUT2D eigenvalue weighted by Crippen LogP contribution is -2.44. The van der Waals surface area contributed by atoms with Crippen molar-refractivity contribution in [3.8, 4) is 6.07 Å². The summed E-state index contributed by atoms with van der Waals surface area (Å²) < 4.78 is 3.57. The molecule has 2 aromatic carbocycles. The molecule has 0 unspecified atom stereocenters. The minimum atomic E-state index is -0.178. The van der Waals surface area contributed by atoms with E-state index >= 15 is 0 Å². The number of aliphatic imine (C=N–C) groups is 1. The van der Waals surface area contributed by atoms with E-state index in [0.29, 0.717) is 36.2 Å². The number of anilines is 1. The Morgan fingerprint density at radius 3 is 2.69 bits per heavy atom. The van der Waals surface area contributed by atoms with E-state index in [-0.39, 0.29) is 11.6 Å². The molecule has 8 nitrogen and oxygen atoms in total. The number of hydrogen-bond donors (Lipinski definition) is 1. The molecule has 182 valence electrons. The second kappa shape index (κ2) is 10.2. The second-order valence-corrected chi connectivity index (χ2v) is 9.19. The van der Waals surface area contributed by atoms with E-state index in [9.17, 15) is 10.1 Å². The van der Waals surface area contributed by atoms with Gasteiger partial charge in [-0.3, -0.25) is 14.4 Å². The molecular formula is C28H29N7O. The van der Waals surface area contributed by atoms with E-state index in [4.69, 9.17) is 5.73 Å². The molecule has 8 heteroatoms. The zero-order valence-electron chi connectivity index (χ0n) is 20.3. The van der Waals surface area contributed by atoms with Gasteiger partial charge in [0, 0.05) is 38.9 Å². The first-order valence-electron chi connectivity index (χ1n) is 12.2. The lowest BCUT2D eigenvalue weighted by molar-refractivity contribution is 0.498. The van der Waals surface area contributed by atoms with Crippen LogP contribution in [0.2, 0.25) is 0 Å². The SMILES string of the molecule is CN=Cc1ccccc1Cn1cnc2c(C#N)c(N3CCC[C@H](N)C3)n(Cc3ccccc3)c2c1=O. The van der Waals surface area contributed by atoms with Gasteiger partial charge in [0.15, 0.2) is 0 Å². The summed E-state index contributed by atoms with van der Waals surface area (Å²) in [7, 11) is 1.73. The summed E-state index contributed by atoms with van der Waals surface area (Å²) in [6.07, 6.45) is 5.22. The van der Waals surface area contributed by atoms with Crippen LogP contribution in [-0.2, 0) is 13.1 Å². The van der Waals surface area contributed by atoms with Crippen molar-refractivity contribution in [2.75, 3.05) is 25.0 Å². The number of nitrogens with zero attached hydrogens (tertiary/aromatic N) is 6. The van der Waals surface area contributed by atoms with Gasteiger partial charge in [0.25, 0.3) is 5.56 Å². The third-order valence-electron chi connectivity index (χ3n) is 6.72. The molecule has 36 heavy (non-hydrogen) atoms. The van der Waals surface area contributed by atoms with Crippen molar-refractivity contribution >= 4 is 23.1 Å². The monoisotopic (exact) mass is 479 g/mol. The molecule has 5 rings (SSSR count). The lowest BCUT2D eigenvalue weighted by atomic mass is 10.1. The Morgan fingerprint density at radius 2 is 1.94 bits per heavy atom. The summed E-state index contributed by atoms with van der Waals surface area (Å²) in [5.41, 5.74) is 10.4. The molecule has 1 fully saturated rings. The minimum Gasteiger partial charge on any atom is -0.355 e. The average Bonchev–Trinajstić information content (AvgIpc) is 3.21. The van der Waals surface area contributed by atoms with Gasteiger partial charge in [0.05, 0.1) is 12.9 Å². The van der Waals surface area contributed by atoms with Crippen molar-refractivity contribution in [1.82, 2.24) is 14.1 Å². The maximum atomic E-state index is 14.0. The minimum absolute atomic E-state index is 0.0230. The molecule has 0 radical (unpaired) electrons. The van der Waals surface area contributed by atoms with Gasteiger partial charge in [0.2, 0.25) is 0 Å². The van der Waals surface area contributed by atoms with Gasteiger partial charge in [-0.05, 0) is 29.5 Å². The van der Waals surface area contributed by atoms with E-state index in [0.717, 1.165) is 41.9 Å². The fourth-order valence-electron chi connectivity index (χ4n) is 5.04. The van der Waals surface area contributed by atoms with Crippen LogP contribution in [0.1, 0.15) is 35.1 Å². The first-order valence-corrected chi connectivity index (χ1v) is 12.2. The molecule has 0 bridgehead atoms. The molecule has 2 aromatic heterocycles. The van der Waals surface area contributed by atoms with Crippen LogP contribution in [0.4, 0.5) is 5.82 Å². The summed E-state index contributed by atoms with van der Waals surface area (Å²) in [6.45, 7) is 2.23. The molecule has 1 atom stereocenters. The highest BCUT2D eigenvalue weighted by Gasteiger charge is 2.28. The van der Waals surface area contributed by atoms with Gasteiger partial charge in [-0.15, -0.1) is 0 Å². The highest BCUT2D eigenvalue weighted by molar-refractivity contribution is 5.89. The van der Waals surface area contributed by atoms with Gasteiger partial charge in [-0.1, -0.05) is 54.6 Å². The van der Waals surface area contributed by atoms with Crippen LogP contribution >= 0.6 is 0 Å². The molecule has 0 saturated carbocycles. The third kappa shape index (κ3) is 4.41. The zero-order valence-corrected chi connectivity index (χ0v) is 20.3. The number of nitriles is 1. The average molecular weight is 480 g/mol. The van der Waals surface area contributed by atoms with Crippen LogP contribution in [0, 0.1) is 11.3 Å². The smallest absolute Gasteiger partial charge is 0.278 e. The number of piperidine rings is 1. The summed E-state index contributed by atoms with van der Waals surface area (Å²) >= 11 is 0. The molecule has 0 spiro atoms. The zero-order chi connectivity index (χ0) is 25.1.